The minimum Gasteiger partial charge on any atom is -0.455 e. The van der Waals surface area contributed by atoms with Crippen LogP contribution in [0.3, 0.4) is 0 Å². The Morgan fingerprint density at radius 2 is 1.72 bits per heavy atom. The van der Waals surface area contributed by atoms with Crippen LogP contribution in [-0.4, -0.2) is 18.8 Å². The van der Waals surface area contributed by atoms with Crippen molar-refractivity contribution < 1.29 is 4.42 Å². The molecule has 0 atom stereocenters. The van der Waals surface area contributed by atoms with E-state index < -0.39 is 10.0 Å². The summed E-state index contributed by atoms with van der Waals surface area (Å²) in [7, 11) is -0.781. The molecule has 0 fully saturated rings. The zero-order valence-corrected chi connectivity index (χ0v) is 12.1. The first-order valence-corrected chi connectivity index (χ1v) is 8.93. The van der Waals surface area contributed by atoms with Gasteiger partial charge in [0.05, 0.1) is 0 Å². The highest BCUT2D eigenvalue weighted by molar-refractivity contribution is 8.32. The van der Waals surface area contributed by atoms with E-state index >= 15 is 0 Å². The van der Waals surface area contributed by atoms with Crippen molar-refractivity contribution in [2.45, 2.75) is 11.8 Å². The van der Waals surface area contributed by atoms with E-state index in [0.29, 0.717) is 0 Å². The summed E-state index contributed by atoms with van der Waals surface area (Å²) in [6.07, 6.45) is 6.92. The normalized spacial score (nSPS) is 13.3. The van der Waals surface area contributed by atoms with Crippen LogP contribution in [0.25, 0.3) is 21.9 Å². The van der Waals surface area contributed by atoms with Gasteiger partial charge in [-0.1, -0.05) is 23.8 Å². The van der Waals surface area contributed by atoms with Gasteiger partial charge in [0, 0.05) is 15.7 Å². The summed E-state index contributed by atoms with van der Waals surface area (Å²) in [6.45, 7) is 2.12. The third-order valence-electron chi connectivity index (χ3n) is 3.28. The van der Waals surface area contributed by atoms with Crippen molar-refractivity contribution in [3.8, 4) is 0 Å². The molecule has 0 bridgehead atoms. The second-order valence-corrected chi connectivity index (χ2v) is 9.69. The molecular formula is C16H18OS. The van der Waals surface area contributed by atoms with Crippen LogP contribution in [0.2, 0.25) is 0 Å². The fourth-order valence-electron chi connectivity index (χ4n) is 2.37. The van der Waals surface area contributed by atoms with E-state index in [1.165, 1.54) is 21.2 Å². The predicted octanol–water partition coefficient (Wildman–Crippen LogP) is 4.95. The summed E-state index contributed by atoms with van der Waals surface area (Å²) in [5, 5.41) is 2.48. The average Bonchev–Trinajstić information content (AvgIpc) is 2.65. The molecule has 2 aromatic carbocycles. The van der Waals surface area contributed by atoms with Crippen molar-refractivity contribution >= 4 is 32.0 Å². The van der Waals surface area contributed by atoms with Gasteiger partial charge in [-0.05, 0) is 43.9 Å². The summed E-state index contributed by atoms with van der Waals surface area (Å²) in [4.78, 5) is 1.36. The fraction of sp³-hybridized carbons (Fsp3) is 0.250. The number of fused-ring (bicyclic) bond motifs is 3. The largest absolute Gasteiger partial charge is 0.455 e. The van der Waals surface area contributed by atoms with E-state index in [1.54, 1.807) is 0 Å². The topological polar surface area (TPSA) is 13.1 Å². The average molecular weight is 258 g/mol. The molecule has 0 saturated carbocycles. The first-order chi connectivity index (χ1) is 8.47. The molecule has 1 heterocycles. The molecule has 0 spiro atoms. The minimum atomic E-state index is -0.781. The van der Waals surface area contributed by atoms with Crippen molar-refractivity contribution in [3.63, 3.8) is 0 Å². The van der Waals surface area contributed by atoms with Crippen LogP contribution in [0.1, 0.15) is 5.56 Å². The lowest BCUT2D eigenvalue weighted by Crippen LogP contribution is -1.92. The lowest BCUT2D eigenvalue weighted by molar-refractivity contribution is 0.660. The van der Waals surface area contributed by atoms with Gasteiger partial charge in [-0.25, -0.2) is 10.0 Å². The van der Waals surface area contributed by atoms with Crippen LogP contribution in [0.15, 0.2) is 45.7 Å². The van der Waals surface area contributed by atoms with Gasteiger partial charge in [0.25, 0.3) is 0 Å². The molecule has 3 aromatic rings. The summed E-state index contributed by atoms with van der Waals surface area (Å²) in [5.74, 6) is 0. The third-order valence-corrected chi connectivity index (χ3v) is 4.92. The van der Waals surface area contributed by atoms with Gasteiger partial charge in [-0.15, -0.1) is 0 Å². The van der Waals surface area contributed by atoms with Gasteiger partial charge in [-0.3, -0.25) is 0 Å². The van der Waals surface area contributed by atoms with Crippen molar-refractivity contribution in [1.82, 2.24) is 0 Å². The molecule has 2 heteroatoms. The number of aryl methyl sites for hydroxylation is 1. The van der Waals surface area contributed by atoms with Crippen LogP contribution in [0.4, 0.5) is 0 Å². The highest BCUT2D eigenvalue weighted by Crippen LogP contribution is 2.49. The van der Waals surface area contributed by atoms with Crippen molar-refractivity contribution in [2.24, 2.45) is 0 Å². The predicted molar refractivity (Wildman–Crippen MR) is 82.1 cm³/mol. The maximum absolute atomic E-state index is 6.09. The lowest BCUT2D eigenvalue weighted by Gasteiger charge is -2.25. The summed E-state index contributed by atoms with van der Waals surface area (Å²) in [5.41, 5.74) is 3.34. The Bertz CT molecular complexity index is 732. The van der Waals surface area contributed by atoms with E-state index in [0.717, 1.165) is 11.2 Å². The maximum atomic E-state index is 6.09. The van der Waals surface area contributed by atoms with Crippen LogP contribution < -0.4 is 0 Å². The zero-order valence-electron chi connectivity index (χ0n) is 11.3. The Balaban J connectivity index is 2.47. The second kappa shape index (κ2) is 3.79. The lowest BCUT2D eigenvalue weighted by atomic mass is 10.1. The number of hydrogen-bond donors (Lipinski definition) is 0. The van der Waals surface area contributed by atoms with E-state index in [1.807, 2.05) is 0 Å². The molecule has 18 heavy (non-hydrogen) atoms. The molecule has 0 radical (unpaired) electrons. The van der Waals surface area contributed by atoms with Gasteiger partial charge < -0.3 is 4.42 Å². The third kappa shape index (κ3) is 1.72. The van der Waals surface area contributed by atoms with Gasteiger partial charge in [-0.2, -0.15) is 0 Å². The minimum absolute atomic E-state index is 0.781. The number of para-hydroxylation sites is 1. The summed E-state index contributed by atoms with van der Waals surface area (Å²) < 4.78 is 6.09. The number of benzene rings is 2. The Morgan fingerprint density at radius 1 is 0.944 bits per heavy atom. The fourth-order valence-corrected chi connectivity index (χ4v) is 3.56. The van der Waals surface area contributed by atoms with E-state index in [-0.39, 0.29) is 0 Å². The Hall–Kier alpha value is -1.41. The Labute approximate surface area is 109 Å². The van der Waals surface area contributed by atoms with Crippen molar-refractivity contribution in [3.05, 3.63) is 42.0 Å². The Kier molecular flexibility index (Phi) is 2.46. The van der Waals surface area contributed by atoms with Crippen LogP contribution >= 0.6 is 10.0 Å². The standard InChI is InChI=1S/C16H18OS/c1-11-8-9-14-13(10-11)12-6-5-7-15(16(12)17-14)18(2,3)4/h5-10H,1-4H3. The molecule has 0 aliphatic carbocycles. The van der Waals surface area contributed by atoms with Crippen molar-refractivity contribution in [2.75, 3.05) is 18.8 Å². The molecule has 0 N–H and O–H groups in total. The molecule has 94 valence electrons. The van der Waals surface area contributed by atoms with Crippen molar-refractivity contribution in [1.29, 1.82) is 0 Å². The van der Waals surface area contributed by atoms with E-state index in [9.17, 15) is 0 Å². The summed E-state index contributed by atoms with van der Waals surface area (Å²) >= 11 is 0. The molecular weight excluding hydrogens is 240 g/mol. The molecule has 0 aliphatic heterocycles. The first kappa shape index (κ1) is 11.7. The molecule has 1 nitrogen and oxygen atoms in total. The molecule has 3 rings (SSSR count). The number of furan rings is 1. The Morgan fingerprint density at radius 3 is 2.44 bits per heavy atom. The van der Waals surface area contributed by atoms with Gasteiger partial charge in [0.1, 0.15) is 11.2 Å². The smallest absolute Gasteiger partial charge is 0.147 e. The number of hydrogen-bond acceptors (Lipinski definition) is 1. The van der Waals surface area contributed by atoms with Gasteiger partial charge in [0.15, 0.2) is 0 Å². The molecule has 0 saturated heterocycles. The van der Waals surface area contributed by atoms with Gasteiger partial charge >= 0.3 is 0 Å². The maximum Gasteiger partial charge on any atom is 0.147 e. The van der Waals surface area contributed by atoms with Gasteiger partial charge in [0.2, 0.25) is 0 Å². The van der Waals surface area contributed by atoms with Crippen LogP contribution in [0.5, 0.6) is 0 Å². The van der Waals surface area contributed by atoms with E-state index in [2.05, 4.69) is 62.1 Å². The second-order valence-electron chi connectivity index (χ2n) is 5.57. The molecule has 1 aromatic heterocycles. The molecule has 0 amide bonds. The molecule has 0 unspecified atom stereocenters. The van der Waals surface area contributed by atoms with Crippen LogP contribution in [0, 0.1) is 6.92 Å². The SMILES string of the molecule is Cc1ccc2oc3c(S(C)(C)C)cccc3c2c1. The molecule has 0 aliphatic rings. The quantitative estimate of drug-likeness (QED) is 0.602. The number of rotatable bonds is 1. The van der Waals surface area contributed by atoms with E-state index in [4.69, 9.17) is 4.42 Å². The highest BCUT2D eigenvalue weighted by atomic mass is 32.3. The summed E-state index contributed by atoms with van der Waals surface area (Å²) in [6, 6.07) is 12.9. The zero-order chi connectivity index (χ0) is 12.9. The monoisotopic (exact) mass is 258 g/mol. The highest BCUT2D eigenvalue weighted by Gasteiger charge is 2.16. The van der Waals surface area contributed by atoms with Crippen LogP contribution in [-0.2, 0) is 0 Å². The first-order valence-electron chi connectivity index (χ1n) is 6.07.